The second-order valence-corrected chi connectivity index (χ2v) is 9.08. The van der Waals surface area contributed by atoms with Gasteiger partial charge in [-0.15, -0.1) is 0 Å². The van der Waals surface area contributed by atoms with E-state index in [0.717, 1.165) is 44.5 Å². The number of aliphatic hydroxyl groups is 1. The van der Waals surface area contributed by atoms with E-state index in [4.69, 9.17) is 9.97 Å². The Morgan fingerprint density at radius 1 is 0.842 bits per heavy atom. The summed E-state index contributed by atoms with van der Waals surface area (Å²) in [5.41, 5.74) is 7.45. The van der Waals surface area contributed by atoms with Crippen LogP contribution >= 0.6 is 0 Å². The fourth-order valence-corrected chi connectivity index (χ4v) is 4.60. The molecule has 2 N–H and O–H groups in total. The van der Waals surface area contributed by atoms with Crippen LogP contribution in [0.3, 0.4) is 0 Å². The minimum atomic E-state index is -0.0814. The van der Waals surface area contributed by atoms with Crippen molar-refractivity contribution in [1.82, 2.24) is 24.5 Å². The van der Waals surface area contributed by atoms with Gasteiger partial charge in [0.25, 0.3) is 0 Å². The van der Waals surface area contributed by atoms with Crippen molar-refractivity contribution in [2.75, 3.05) is 5.32 Å². The number of rotatable bonds is 7. The van der Waals surface area contributed by atoms with E-state index >= 15 is 0 Å². The highest BCUT2D eigenvalue weighted by Gasteiger charge is 2.15. The van der Waals surface area contributed by atoms with Crippen LogP contribution in [0.4, 0.5) is 5.95 Å². The highest BCUT2D eigenvalue weighted by Crippen LogP contribution is 2.29. The van der Waals surface area contributed by atoms with Crippen molar-refractivity contribution in [3.63, 3.8) is 0 Å². The number of benzene rings is 3. The monoisotopic (exact) mass is 498 g/mol. The Labute approximate surface area is 220 Å². The van der Waals surface area contributed by atoms with E-state index in [1.165, 1.54) is 0 Å². The second-order valence-electron chi connectivity index (χ2n) is 9.08. The fraction of sp³-hybridized carbons (Fsp3) is 0.0968. The summed E-state index contributed by atoms with van der Waals surface area (Å²) >= 11 is 0. The minimum absolute atomic E-state index is 0.00907. The summed E-state index contributed by atoms with van der Waals surface area (Å²) in [5, 5.41) is 13.5. The van der Waals surface area contributed by atoms with Gasteiger partial charge in [0.05, 0.1) is 29.4 Å². The van der Waals surface area contributed by atoms with Gasteiger partial charge in [-0.1, -0.05) is 60.7 Å². The molecule has 186 valence electrons. The summed E-state index contributed by atoms with van der Waals surface area (Å²) in [5.74, 6) is 1.17. The van der Waals surface area contributed by atoms with Gasteiger partial charge < -0.3 is 10.4 Å². The first-order valence-corrected chi connectivity index (χ1v) is 12.5. The lowest BCUT2D eigenvalue weighted by Crippen LogP contribution is -2.11. The molecule has 0 saturated heterocycles. The number of pyridine rings is 1. The average molecular weight is 499 g/mol. The van der Waals surface area contributed by atoms with Crippen LogP contribution in [0, 0.1) is 0 Å². The lowest BCUT2D eigenvalue weighted by molar-refractivity contribution is 0.282. The molecule has 0 unspecified atom stereocenters. The summed E-state index contributed by atoms with van der Waals surface area (Å²) < 4.78 is 1.98. The quantitative estimate of drug-likeness (QED) is 0.272. The first kappa shape index (κ1) is 23.5. The van der Waals surface area contributed by atoms with Gasteiger partial charge in [0, 0.05) is 24.0 Å². The number of anilines is 1. The van der Waals surface area contributed by atoms with Gasteiger partial charge in [-0.05, 0) is 53.4 Å². The van der Waals surface area contributed by atoms with Crippen LogP contribution in [0.15, 0.2) is 110 Å². The highest BCUT2D eigenvalue weighted by molar-refractivity contribution is 5.83. The Morgan fingerprint density at radius 2 is 1.63 bits per heavy atom. The number of nitrogens with one attached hydrogen (secondary N) is 1. The summed E-state index contributed by atoms with van der Waals surface area (Å²) in [6, 6.07) is 30.0. The van der Waals surface area contributed by atoms with E-state index in [-0.39, 0.29) is 12.6 Å². The smallest absolute Gasteiger partial charge is 0.225 e. The Balaban J connectivity index is 1.49. The molecule has 1 atom stereocenters. The molecule has 0 fully saturated rings. The molecule has 0 aliphatic rings. The summed E-state index contributed by atoms with van der Waals surface area (Å²) in [6.45, 7) is 2.00. The molecule has 0 aliphatic carbocycles. The number of imidazole rings is 1. The van der Waals surface area contributed by atoms with Crippen molar-refractivity contribution in [3.05, 3.63) is 121 Å². The fourth-order valence-electron chi connectivity index (χ4n) is 4.60. The van der Waals surface area contributed by atoms with Crippen LogP contribution < -0.4 is 5.32 Å². The maximum absolute atomic E-state index is 10.00. The lowest BCUT2D eigenvalue weighted by Gasteiger charge is -2.17. The molecule has 0 spiro atoms. The Kier molecular flexibility index (Phi) is 6.34. The molecule has 3 aromatic carbocycles. The lowest BCUT2D eigenvalue weighted by atomic mass is 10.0. The van der Waals surface area contributed by atoms with Crippen molar-refractivity contribution in [2.45, 2.75) is 19.6 Å². The molecule has 0 saturated carbocycles. The molecule has 7 heteroatoms. The molecular formula is C31H26N6O. The van der Waals surface area contributed by atoms with Crippen molar-refractivity contribution < 1.29 is 5.11 Å². The third-order valence-corrected chi connectivity index (χ3v) is 6.63. The van der Waals surface area contributed by atoms with E-state index in [2.05, 4.69) is 46.5 Å². The molecule has 0 aliphatic heterocycles. The van der Waals surface area contributed by atoms with Gasteiger partial charge in [-0.25, -0.2) is 9.97 Å². The highest BCUT2D eigenvalue weighted by atomic mass is 16.3. The Bertz CT molecular complexity index is 1700. The molecule has 6 aromatic rings. The van der Waals surface area contributed by atoms with Crippen molar-refractivity contribution >= 4 is 17.0 Å². The van der Waals surface area contributed by atoms with Crippen LogP contribution in [-0.2, 0) is 6.61 Å². The normalized spacial score (nSPS) is 11.9. The summed E-state index contributed by atoms with van der Waals surface area (Å²) in [6.07, 6.45) is 5.37. The number of hydrogen-bond acceptors (Lipinski definition) is 6. The minimum Gasteiger partial charge on any atom is -0.392 e. The summed E-state index contributed by atoms with van der Waals surface area (Å²) in [7, 11) is 0. The zero-order valence-electron chi connectivity index (χ0n) is 20.9. The van der Waals surface area contributed by atoms with Crippen molar-refractivity contribution in [3.8, 4) is 28.2 Å². The van der Waals surface area contributed by atoms with Gasteiger partial charge in [0.15, 0.2) is 0 Å². The SMILES string of the molecule is C[C@H](Nc1nc(-c2ccccc2CO)cc(-n2cnc3ccc(-c4ccncc4)cc32)n1)c1ccccc1. The predicted molar refractivity (Wildman–Crippen MR) is 150 cm³/mol. The van der Waals surface area contributed by atoms with Gasteiger partial charge in [0.1, 0.15) is 12.1 Å². The van der Waals surface area contributed by atoms with Crippen LogP contribution in [0.2, 0.25) is 0 Å². The van der Waals surface area contributed by atoms with Crippen LogP contribution in [0.5, 0.6) is 0 Å². The van der Waals surface area contributed by atoms with Crippen LogP contribution in [0.25, 0.3) is 39.2 Å². The van der Waals surface area contributed by atoms with E-state index < -0.39 is 0 Å². The van der Waals surface area contributed by atoms with Crippen LogP contribution in [0.1, 0.15) is 24.1 Å². The molecule has 38 heavy (non-hydrogen) atoms. The molecule has 6 rings (SSSR count). The molecule has 0 bridgehead atoms. The van der Waals surface area contributed by atoms with E-state index in [1.807, 2.05) is 71.3 Å². The molecule has 3 aromatic heterocycles. The van der Waals surface area contributed by atoms with Crippen molar-refractivity contribution in [2.24, 2.45) is 0 Å². The number of hydrogen-bond donors (Lipinski definition) is 2. The zero-order chi connectivity index (χ0) is 25.9. The number of nitrogens with zero attached hydrogens (tertiary/aromatic N) is 5. The van der Waals surface area contributed by atoms with Crippen molar-refractivity contribution in [1.29, 1.82) is 0 Å². The molecule has 0 radical (unpaired) electrons. The van der Waals surface area contributed by atoms with E-state index in [0.29, 0.717) is 11.8 Å². The largest absolute Gasteiger partial charge is 0.392 e. The van der Waals surface area contributed by atoms with Gasteiger partial charge in [-0.2, -0.15) is 4.98 Å². The van der Waals surface area contributed by atoms with Crippen LogP contribution in [-0.4, -0.2) is 29.6 Å². The number of fused-ring (bicyclic) bond motifs is 1. The first-order valence-electron chi connectivity index (χ1n) is 12.5. The third-order valence-electron chi connectivity index (χ3n) is 6.63. The second kappa shape index (κ2) is 10.2. The van der Waals surface area contributed by atoms with Gasteiger partial charge >= 0.3 is 0 Å². The number of aliphatic hydroxyl groups excluding tert-OH is 1. The van der Waals surface area contributed by atoms with E-state index in [1.54, 1.807) is 18.7 Å². The molecular weight excluding hydrogens is 472 g/mol. The Morgan fingerprint density at radius 3 is 2.45 bits per heavy atom. The Hall–Kier alpha value is -4.88. The third kappa shape index (κ3) is 4.63. The van der Waals surface area contributed by atoms with Gasteiger partial charge in [0.2, 0.25) is 5.95 Å². The molecule has 7 nitrogen and oxygen atoms in total. The first-order chi connectivity index (χ1) is 18.7. The predicted octanol–water partition coefficient (Wildman–Crippen LogP) is 6.21. The standard InChI is InChI=1S/C31H26N6O/c1-21(22-7-3-2-4-8-22)34-31-35-28(26-10-6-5-9-25(26)19-38)18-30(36-31)37-20-33-27-12-11-24(17-29(27)37)23-13-15-32-16-14-23/h2-18,20-21,38H,19H2,1H3,(H,34,35,36)/t21-/m0/s1. The maximum Gasteiger partial charge on any atom is 0.225 e. The molecule has 0 amide bonds. The molecule has 3 heterocycles. The number of aromatic nitrogens is 5. The topological polar surface area (TPSA) is 88.8 Å². The average Bonchev–Trinajstić information content (AvgIpc) is 3.41. The zero-order valence-corrected chi connectivity index (χ0v) is 20.9. The van der Waals surface area contributed by atoms with E-state index in [9.17, 15) is 5.11 Å². The van der Waals surface area contributed by atoms with Gasteiger partial charge in [-0.3, -0.25) is 9.55 Å². The maximum atomic E-state index is 10.00. The summed E-state index contributed by atoms with van der Waals surface area (Å²) in [4.78, 5) is 18.5.